The minimum atomic E-state index is -1.04. The molecule has 0 aliphatic carbocycles. The van der Waals surface area contributed by atoms with Crippen LogP contribution in [0.4, 0.5) is 0 Å². The van der Waals surface area contributed by atoms with Crippen LogP contribution in [-0.2, 0) is 6.54 Å². The van der Waals surface area contributed by atoms with Crippen LogP contribution in [-0.4, -0.2) is 20.9 Å². The summed E-state index contributed by atoms with van der Waals surface area (Å²) in [5.74, 6) is -1.04. The molecule has 17 heavy (non-hydrogen) atoms. The largest absolute Gasteiger partial charge is 0.476 e. The van der Waals surface area contributed by atoms with Gasteiger partial charge in [-0.05, 0) is 19.1 Å². The zero-order chi connectivity index (χ0) is 12.4. The van der Waals surface area contributed by atoms with E-state index >= 15 is 0 Å². The minimum Gasteiger partial charge on any atom is -0.476 e. The molecule has 0 unspecified atom stereocenters. The number of carboxylic acid groups (broad SMARTS) is 1. The van der Waals surface area contributed by atoms with Crippen LogP contribution in [0, 0.1) is 0 Å². The van der Waals surface area contributed by atoms with Crippen LogP contribution in [0.1, 0.15) is 17.4 Å². The Morgan fingerprint density at radius 2 is 2.18 bits per heavy atom. The quantitative estimate of drug-likeness (QED) is 0.911. The molecule has 1 aromatic carbocycles. The molecule has 1 N–H and O–H groups in total. The van der Waals surface area contributed by atoms with Crippen LogP contribution in [0.25, 0.3) is 11.3 Å². The zero-order valence-electron chi connectivity index (χ0n) is 9.22. The van der Waals surface area contributed by atoms with Gasteiger partial charge in [0.15, 0.2) is 5.69 Å². The number of hydrogen-bond donors (Lipinski definition) is 1. The fourth-order valence-corrected chi connectivity index (χ4v) is 1.88. The molecular weight excluding hydrogens is 240 g/mol. The molecule has 4 nitrogen and oxygen atoms in total. The molecule has 0 saturated carbocycles. The third-order valence-electron chi connectivity index (χ3n) is 2.45. The van der Waals surface area contributed by atoms with Gasteiger partial charge in [0.05, 0.1) is 5.69 Å². The lowest BCUT2D eigenvalue weighted by Gasteiger charge is -2.05. The van der Waals surface area contributed by atoms with Crippen molar-refractivity contribution in [3.8, 4) is 11.3 Å². The van der Waals surface area contributed by atoms with Crippen molar-refractivity contribution < 1.29 is 9.90 Å². The molecular formula is C12H11ClN2O2. The standard InChI is InChI=1S/C12H11ClN2O2/c1-2-15-11(7-10(14-15)12(16)17)8-5-3-4-6-9(8)13/h3-7H,2H2,1H3,(H,16,17). The average Bonchev–Trinajstić information content (AvgIpc) is 2.73. The Morgan fingerprint density at radius 3 is 2.76 bits per heavy atom. The van der Waals surface area contributed by atoms with Crippen molar-refractivity contribution in [2.24, 2.45) is 0 Å². The normalized spacial score (nSPS) is 10.5. The molecule has 0 spiro atoms. The van der Waals surface area contributed by atoms with Crippen molar-refractivity contribution in [2.45, 2.75) is 13.5 Å². The monoisotopic (exact) mass is 250 g/mol. The molecule has 1 heterocycles. The number of aromatic carboxylic acids is 1. The van der Waals surface area contributed by atoms with Crippen molar-refractivity contribution >= 4 is 17.6 Å². The van der Waals surface area contributed by atoms with Gasteiger partial charge in [-0.25, -0.2) is 4.79 Å². The van der Waals surface area contributed by atoms with Crippen LogP contribution in [0.3, 0.4) is 0 Å². The number of nitrogens with zero attached hydrogens (tertiary/aromatic N) is 2. The second-order valence-corrected chi connectivity index (χ2v) is 3.92. The van der Waals surface area contributed by atoms with E-state index in [4.69, 9.17) is 16.7 Å². The first kappa shape index (κ1) is 11.7. The topological polar surface area (TPSA) is 55.1 Å². The molecule has 0 aliphatic heterocycles. The summed E-state index contributed by atoms with van der Waals surface area (Å²) in [6.45, 7) is 2.49. The fourth-order valence-electron chi connectivity index (χ4n) is 1.65. The number of carbonyl (C=O) groups is 1. The maximum Gasteiger partial charge on any atom is 0.356 e. The lowest BCUT2D eigenvalue weighted by molar-refractivity contribution is 0.0689. The molecule has 0 radical (unpaired) electrons. The first-order valence-electron chi connectivity index (χ1n) is 5.19. The number of halogens is 1. The molecule has 5 heteroatoms. The number of carboxylic acids is 1. The van der Waals surface area contributed by atoms with Gasteiger partial charge in [0, 0.05) is 17.1 Å². The van der Waals surface area contributed by atoms with E-state index < -0.39 is 5.97 Å². The summed E-state index contributed by atoms with van der Waals surface area (Å²) in [7, 11) is 0. The van der Waals surface area contributed by atoms with E-state index in [1.807, 2.05) is 25.1 Å². The number of aryl methyl sites for hydroxylation is 1. The smallest absolute Gasteiger partial charge is 0.356 e. The van der Waals surface area contributed by atoms with Crippen LogP contribution < -0.4 is 0 Å². The second kappa shape index (κ2) is 4.59. The molecule has 0 bridgehead atoms. The van der Waals surface area contributed by atoms with E-state index in [9.17, 15) is 4.79 Å². The minimum absolute atomic E-state index is 0.0294. The third kappa shape index (κ3) is 2.17. The summed E-state index contributed by atoms with van der Waals surface area (Å²) >= 11 is 6.09. The summed E-state index contributed by atoms with van der Waals surface area (Å²) in [6, 6.07) is 8.83. The summed E-state index contributed by atoms with van der Waals surface area (Å²) < 4.78 is 1.63. The number of benzene rings is 1. The Labute approximate surface area is 103 Å². The Hall–Kier alpha value is -1.81. The van der Waals surface area contributed by atoms with Crippen LogP contribution in [0.5, 0.6) is 0 Å². The molecule has 2 aromatic rings. The van der Waals surface area contributed by atoms with Gasteiger partial charge in [0.1, 0.15) is 0 Å². The average molecular weight is 251 g/mol. The molecule has 0 aliphatic rings. The van der Waals surface area contributed by atoms with Gasteiger partial charge in [-0.3, -0.25) is 4.68 Å². The molecule has 0 atom stereocenters. The van der Waals surface area contributed by atoms with E-state index in [0.29, 0.717) is 11.6 Å². The molecule has 0 fully saturated rings. The van der Waals surface area contributed by atoms with E-state index in [1.54, 1.807) is 10.7 Å². The summed E-state index contributed by atoms with van der Waals surface area (Å²) in [6.07, 6.45) is 0. The highest BCUT2D eigenvalue weighted by atomic mass is 35.5. The Morgan fingerprint density at radius 1 is 1.47 bits per heavy atom. The van der Waals surface area contributed by atoms with Crippen LogP contribution >= 0.6 is 11.6 Å². The number of hydrogen-bond acceptors (Lipinski definition) is 2. The van der Waals surface area contributed by atoms with Crippen molar-refractivity contribution in [3.63, 3.8) is 0 Å². The van der Waals surface area contributed by atoms with E-state index in [2.05, 4.69) is 5.10 Å². The predicted molar refractivity (Wildman–Crippen MR) is 65.3 cm³/mol. The fraction of sp³-hybridized carbons (Fsp3) is 0.167. The van der Waals surface area contributed by atoms with Gasteiger partial charge in [-0.15, -0.1) is 0 Å². The van der Waals surface area contributed by atoms with Gasteiger partial charge in [0.2, 0.25) is 0 Å². The highest BCUT2D eigenvalue weighted by molar-refractivity contribution is 6.33. The summed E-state index contributed by atoms with van der Waals surface area (Å²) in [5, 5.41) is 13.5. The van der Waals surface area contributed by atoms with Crippen LogP contribution in [0.15, 0.2) is 30.3 Å². The highest BCUT2D eigenvalue weighted by Crippen LogP contribution is 2.28. The second-order valence-electron chi connectivity index (χ2n) is 3.52. The summed E-state index contributed by atoms with van der Waals surface area (Å²) in [5.41, 5.74) is 1.54. The lowest BCUT2D eigenvalue weighted by atomic mass is 10.1. The zero-order valence-corrected chi connectivity index (χ0v) is 9.98. The molecule has 88 valence electrons. The van der Waals surface area contributed by atoms with Gasteiger partial charge in [-0.1, -0.05) is 29.8 Å². The van der Waals surface area contributed by atoms with Gasteiger partial charge < -0.3 is 5.11 Å². The van der Waals surface area contributed by atoms with E-state index in [1.165, 1.54) is 6.07 Å². The Bertz CT molecular complexity index is 563. The van der Waals surface area contributed by atoms with Crippen molar-refractivity contribution in [1.82, 2.24) is 9.78 Å². The maximum atomic E-state index is 10.9. The first-order valence-corrected chi connectivity index (χ1v) is 5.57. The van der Waals surface area contributed by atoms with Gasteiger partial charge in [0.25, 0.3) is 0 Å². The lowest BCUT2D eigenvalue weighted by Crippen LogP contribution is -2.02. The molecule has 0 saturated heterocycles. The first-order chi connectivity index (χ1) is 8.13. The van der Waals surface area contributed by atoms with Gasteiger partial charge in [-0.2, -0.15) is 5.10 Å². The Balaban J connectivity index is 2.59. The predicted octanol–water partition coefficient (Wildman–Crippen LogP) is 2.92. The van der Waals surface area contributed by atoms with Crippen molar-refractivity contribution in [3.05, 3.63) is 41.0 Å². The third-order valence-corrected chi connectivity index (χ3v) is 2.78. The van der Waals surface area contributed by atoms with Crippen LogP contribution in [0.2, 0.25) is 5.02 Å². The molecule has 2 rings (SSSR count). The molecule has 1 aromatic heterocycles. The number of rotatable bonds is 3. The summed E-state index contributed by atoms with van der Waals surface area (Å²) in [4.78, 5) is 10.9. The maximum absolute atomic E-state index is 10.9. The van der Waals surface area contributed by atoms with Crippen molar-refractivity contribution in [2.75, 3.05) is 0 Å². The van der Waals surface area contributed by atoms with E-state index in [-0.39, 0.29) is 5.69 Å². The highest BCUT2D eigenvalue weighted by Gasteiger charge is 2.15. The molecule has 0 amide bonds. The Kier molecular flexibility index (Phi) is 3.15. The van der Waals surface area contributed by atoms with E-state index in [0.717, 1.165) is 11.3 Å². The van der Waals surface area contributed by atoms with Crippen molar-refractivity contribution in [1.29, 1.82) is 0 Å². The SMILES string of the molecule is CCn1nc(C(=O)O)cc1-c1ccccc1Cl. The van der Waals surface area contributed by atoms with Gasteiger partial charge >= 0.3 is 5.97 Å². The number of aromatic nitrogens is 2.